The summed E-state index contributed by atoms with van der Waals surface area (Å²) in [6, 6.07) is 23.8. The molecule has 3 aromatic rings. The molecule has 138 valence electrons. The van der Waals surface area contributed by atoms with Gasteiger partial charge in [-0.2, -0.15) is 0 Å². The van der Waals surface area contributed by atoms with Crippen LogP contribution < -0.4 is 4.90 Å². The molecule has 4 rings (SSSR count). The molecule has 1 aliphatic heterocycles. The Morgan fingerprint density at radius 3 is 2.25 bits per heavy atom. The number of carbonyl (C=O) groups excluding carboxylic acids is 1. The van der Waals surface area contributed by atoms with Crippen molar-refractivity contribution in [3.8, 4) is 0 Å². The van der Waals surface area contributed by atoms with Gasteiger partial charge in [-0.05, 0) is 49.2 Å². The third kappa shape index (κ3) is 3.56. The lowest BCUT2D eigenvalue weighted by molar-refractivity contribution is -0.113. The van der Waals surface area contributed by atoms with Crippen LogP contribution in [0.5, 0.6) is 0 Å². The first-order valence-electron chi connectivity index (χ1n) is 9.06. The van der Waals surface area contributed by atoms with Gasteiger partial charge in [0.2, 0.25) is 0 Å². The Morgan fingerprint density at radius 1 is 0.893 bits per heavy atom. The van der Waals surface area contributed by atoms with Crippen LogP contribution in [0.25, 0.3) is 6.08 Å². The molecule has 1 aliphatic rings. The lowest BCUT2D eigenvalue weighted by Crippen LogP contribution is -2.33. The van der Waals surface area contributed by atoms with Gasteiger partial charge < -0.3 is 0 Å². The zero-order valence-corrected chi connectivity index (χ0v) is 17.3. The van der Waals surface area contributed by atoms with E-state index >= 15 is 0 Å². The maximum atomic E-state index is 13.3. The molecule has 3 nitrogen and oxygen atoms in total. The number of nitrogens with zero attached hydrogens (tertiary/aromatic N) is 2. The van der Waals surface area contributed by atoms with E-state index in [2.05, 4.69) is 15.9 Å². The number of amidine groups is 1. The Morgan fingerprint density at radius 2 is 1.57 bits per heavy atom. The minimum Gasteiger partial charge on any atom is -0.266 e. The number of carbonyl (C=O) groups is 1. The van der Waals surface area contributed by atoms with Gasteiger partial charge >= 0.3 is 0 Å². The zero-order chi connectivity index (χ0) is 19.7. The summed E-state index contributed by atoms with van der Waals surface area (Å²) in [5.74, 6) is 0.537. The van der Waals surface area contributed by atoms with Crippen LogP contribution in [0.4, 0.5) is 5.69 Å². The second kappa shape index (κ2) is 7.56. The van der Waals surface area contributed by atoms with Crippen molar-refractivity contribution in [3.05, 3.63) is 105 Å². The van der Waals surface area contributed by atoms with E-state index in [0.717, 1.165) is 26.9 Å². The van der Waals surface area contributed by atoms with Crippen LogP contribution in [0, 0.1) is 13.8 Å². The molecule has 0 spiro atoms. The lowest BCUT2D eigenvalue weighted by Gasteiger charge is -2.20. The average molecular weight is 431 g/mol. The van der Waals surface area contributed by atoms with Crippen molar-refractivity contribution in [1.29, 1.82) is 0 Å². The third-order valence-electron chi connectivity index (χ3n) is 4.70. The molecule has 0 atom stereocenters. The number of benzene rings is 3. The molecule has 0 aliphatic carbocycles. The van der Waals surface area contributed by atoms with Crippen LogP contribution in [0.1, 0.15) is 22.3 Å². The summed E-state index contributed by atoms with van der Waals surface area (Å²) in [6.45, 7) is 4.05. The average Bonchev–Trinajstić information content (AvgIpc) is 3.01. The van der Waals surface area contributed by atoms with Crippen LogP contribution in [0.2, 0.25) is 0 Å². The van der Waals surface area contributed by atoms with Gasteiger partial charge in [-0.25, -0.2) is 4.99 Å². The lowest BCUT2D eigenvalue weighted by atomic mass is 10.1. The number of amides is 1. The molecule has 0 N–H and O–H groups in total. The van der Waals surface area contributed by atoms with E-state index in [-0.39, 0.29) is 5.91 Å². The van der Waals surface area contributed by atoms with Crippen molar-refractivity contribution in [3.63, 3.8) is 0 Å². The Balaban J connectivity index is 1.84. The first-order chi connectivity index (χ1) is 13.5. The maximum absolute atomic E-state index is 13.3. The van der Waals surface area contributed by atoms with E-state index in [1.165, 1.54) is 5.56 Å². The third-order valence-corrected chi connectivity index (χ3v) is 5.23. The molecule has 0 aromatic heterocycles. The van der Waals surface area contributed by atoms with Gasteiger partial charge in [0.1, 0.15) is 11.5 Å². The molecule has 28 heavy (non-hydrogen) atoms. The van der Waals surface area contributed by atoms with E-state index in [1.54, 1.807) is 4.90 Å². The normalized spacial score (nSPS) is 15.2. The van der Waals surface area contributed by atoms with Crippen LogP contribution >= 0.6 is 15.9 Å². The molecule has 0 fully saturated rings. The van der Waals surface area contributed by atoms with Gasteiger partial charge in [0.25, 0.3) is 5.91 Å². The second-order valence-electron chi connectivity index (χ2n) is 6.81. The van der Waals surface area contributed by atoms with E-state index in [0.29, 0.717) is 11.5 Å². The summed E-state index contributed by atoms with van der Waals surface area (Å²) in [7, 11) is 0. The van der Waals surface area contributed by atoms with Crippen LogP contribution in [0.15, 0.2) is 88.0 Å². The minimum absolute atomic E-state index is 0.118. The molecule has 0 saturated heterocycles. The fraction of sp³-hybridized carbons (Fsp3) is 0.0833. The van der Waals surface area contributed by atoms with E-state index in [1.807, 2.05) is 92.7 Å². The SMILES string of the molecule is Cc1ccc(C2=NC(=Cc3ccc(Br)cc3)C(=O)N2c2ccccc2C)cc1. The van der Waals surface area contributed by atoms with E-state index < -0.39 is 0 Å². The second-order valence-corrected chi connectivity index (χ2v) is 7.73. The van der Waals surface area contributed by atoms with Crippen molar-refractivity contribution >= 4 is 39.4 Å². The van der Waals surface area contributed by atoms with Gasteiger partial charge in [0.05, 0.1) is 5.69 Å². The summed E-state index contributed by atoms with van der Waals surface area (Å²) < 4.78 is 0.998. The monoisotopic (exact) mass is 430 g/mol. The molecule has 0 radical (unpaired) electrons. The number of aliphatic imine (C=N–C) groups is 1. The molecule has 1 heterocycles. The largest absolute Gasteiger partial charge is 0.282 e. The first-order valence-corrected chi connectivity index (χ1v) is 9.85. The summed E-state index contributed by atoms with van der Waals surface area (Å²) in [4.78, 5) is 19.8. The van der Waals surface area contributed by atoms with Crippen molar-refractivity contribution in [2.75, 3.05) is 4.90 Å². The zero-order valence-electron chi connectivity index (χ0n) is 15.7. The topological polar surface area (TPSA) is 32.7 Å². The van der Waals surface area contributed by atoms with Gasteiger partial charge in [-0.3, -0.25) is 9.69 Å². The Kier molecular flexibility index (Phi) is 4.97. The van der Waals surface area contributed by atoms with Crippen molar-refractivity contribution < 1.29 is 4.79 Å². The molecule has 3 aromatic carbocycles. The molecule has 1 amide bonds. The number of hydrogen-bond donors (Lipinski definition) is 0. The van der Waals surface area contributed by atoms with Crippen LogP contribution in [-0.2, 0) is 4.79 Å². The first kappa shape index (κ1) is 18.4. The molecule has 0 bridgehead atoms. The summed E-state index contributed by atoms with van der Waals surface area (Å²) in [5, 5.41) is 0. The number of halogens is 1. The molecule has 0 unspecified atom stereocenters. The predicted octanol–water partition coefficient (Wildman–Crippen LogP) is 5.90. The van der Waals surface area contributed by atoms with E-state index in [4.69, 9.17) is 4.99 Å². The number of hydrogen-bond acceptors (Lipinski definition) is 2. The fourth-order valence-electron chi connectivity index (χ4n) is 3.17. The van der Waals surface area contributed by atoms with Crippen molar-refractivity contribution in [2.45, 2.75) is 13.8 Å². The quantitative estimate of drug-likeness (QED) is 0.476. The number of anilines is 1. The Hall–Kier alpha value is -2.98. The van der Waals surface area contributed by atoms with Crippen molar-refractivity contribution in [1.82, 2.24) is 0 Å². The van der Waals surface area contributed by atoms with Crippen LogP contribution in [0.3, 0.4) is 0 Å². The fourth-order valence-corrected chi connectivity index (χ4v) is 3.43. The smallest absolute Gasteiger partial charge is 0.266 e. The highest BCUT2D eigenvalue weighted by atomic mass is 79.9. The standard InChI is InChI=1S/C24H19BrN2O/c1-16-7-11-19(12-8-16)23-26-21(15-18-9-13-20(25)14-10-18)24(28)27(23)22-6-4-3-5-17(22)2/h3-15H,1-2H3. The number of rotatable bonds is 3. The highest BCUT2D eigenvalue weighted by Crippen LogP contribution is 2.30. The van der Waals surface area contributed by atoms with Gasteiger partial charge in [-0.15, -0.1) is 0 Å². The van der Waals surface area contributed by atoms with Crippen molar-refractivity contribution in [2.24, 2.45) is 4.99 Å². The predicted molar refractivity (Wildman–Crippen MR) is 119 cm³/mol. The van der Waals surface area contributed by atoms with Gasteiger partial charge in [0, 0.05) is 10.0 Å². The summed E-state index contributed by atoms with van der Waals surface area (Å²) in [6.07, 6.45) is 1.83. The highest BCUT2D eigenvalue weighted by molar-refractivity contribution is 9.10. The number of para-hydroxylation sites is 1. The molecular formula is C24H19BrN2O. The highest BCUT2D eigenvalue weighted by Gasteiger charge is 2.33. The molecular weight excluding hydrogens is 412 g/mol. The van der Waals surface area contributed by atoms with Gasteiger partial charge in [0.15, 0.2) is 0 Å². The summed E-state index contributed by atoms with van der Waals surface area (Å²) in [5.41, 5.74) is 5.33. The Labute approximate surface area is 173 Å². The van der Waals surface area contributed by atoms with E-state index in [9.17, 15) is 4.79 Å². The van der Waals surface area contributed by atoms with Gasteiger partial charge in [-0.1, -0.05) is 76.1 Å². The number of aryl methyl sites for hydroxylation is 2. The minimum atomic E-state index is -0.118. The molecule has 4 heteroatoms. The Bertz CT molecular complexity index is 1100. The van der Waals surface area contributed by atoms with Crippen LogP contribution in [-0.4, -0.2) is 11.7 Å². The summed E-state index contributed by atoms with van der Waals surface area (Å²) >= 11 is 3.44. The molecule has 0 saturated carbocycles. The maximum Gasteiger partial charge on any atom is 0.282 e.